The smallest absolute Gasteiger partial charge is 0.0570 e. The minimum Gasteiger partial charge on any atom is -0.362 e. The van der Waals surface area contributed by atoms with E-state index in [1.165, 1.54) is 0 Å². The molecule has 0 amide bonds. The molecule has 0 bridgehead atoms. The van der Waals surface area contributed by atoms with Crippen LogP contribution >= 0.6 is 0 Å². The van der Waals surface area contributed by atoms with Crippen LogP contribution in [0.1, 0.15) is 13.3 Å². The van der Waals surface area contributed by atoms with Gasteiger partial charge in [-0.05, 0) is 19.4 Å². The highest BCUT2D eigenvalue weighted by atomic mass is 15.0. The number of allylic oxidation sites excluding steroid dienone is 4. The van der Waals surface area contributed by atoms with Crippen molar-refractivity contribution < 1.29 is 0 Å². The fourth-order valence-corrected chi connectivity index (χ4v) is 0.939. The van der Waals surface area contributed by atoms with Gasteiger partial charge in [0.05, 0.1) is 5.70 Å². The molecule has 0 saturated heterocycles. The van der Waals surface area contributed by atoms with Crippen LogP contribution in [0.15, 0.2) is 48.6 Å². The average molecular weight is 162 g/mol. The first-order valence-electron chi connectivity index (χ1n) is 4.01. The largest absolute Gasteiger partial charge is 0.362 e. The lowest BCUT2D eigenvalue weighted by molar-refractivity contribution is 0.911. The highest BCUT2D eigenvalue weighted by Gasteiger charge is 1.97. The number of hydrogen-bond donors (Lipinski definition) is 2. The topological polar surface area (TPSA) is 24.1 Å². The van der Waals surface area contributed by atoms with Crippen LogP contribution in [0.25, 0.3) is 0 Å². The normalized spacial score (nSPS) is 16.1. The van der Waals surface area contributed by atoms with Crippen molar-refractivity contribution in [2.75, 3.05) is 0 Å². The Labute approximate surface area is 73.4 Å². The second-order valence-electron chi connectivity index (χ2n) is 2.59. The molecule has 0 atom stereocenters. The summed E-state index contributed by atoms with van der Waals surface area (Å²) in [6, 6.07) is 0. The Morgan fingerprint density at radius 3 is 2.83 bits per heavy atom. The molecule has 12 heavy (non-hydrogen) atoms. The molecule has 2 N–H and O–H groups in total. The Balaban J connectivity index is 2.55. The average Bonchev–Trinajstić information content (AvgIpc) is 2.09. The summed E-state index contributed by atoms with van der Waals surface area (Å²) in [4.78, 5) is 0. The van der Waals surface area contributed by atoms with Gasteiger partial charge in [-0.1, -0.05) is 12.2 Å². The van der Waals surface area contributed by atoms with E-state index in [4.69, 9.17) is 0 Å². The van der Waals surface area contributed by atoms with E-state index in [2.05, 4.69) is 23.3 Å². The molecule has 2 heteroatoms. The molecule has 1 aliphatic rings. The Kier molecular flexibility index (Phi) is 3.20. The van der Waals surface area contributed by atoms with Crippen LogP contribution in [0.5, 0.6) is 0 Å². The van der Waals surface area contributed by atoms with E-state index in [1.54, 1.807) is 0 Å². The minimum atomic E-state index is 0.905. The van der Waals surface area contributed by atoms with E-state index < -0.39 is 0 Å². The summed E-state index contributed by atoms with van der Waals surface area (Å²) >= 11 is 0. The molecule has 1 heterocycles. The van der Waals surface area contributed by atoms with Gasteiger partial charge in [0, 0.05) is 18.1 Å². The van der Waals surface area contributed by atoms with Gasteiger partial charge in [0.15, 0.2) is 0 Å². The summed E-state index contributed by atoms with van der Waals surface area (Å²) in [7, 11) is 0. The maximum atomic E-state index is 3.65. The van der Waals surface area contributed by atoms with E-state index in [0.29, 0.717) is 0 Å². The third kappa shape index (κ3) is 2.31. The summed E-state index contributed by atoms with van der Waals surface area (Å²) in [5.41, 5.74) is 2.25. The van der Waals surface area contributed by atoms with Gasteiger partial charge >= 0.3 is 0 Å². The van der Waals surface area contributed by atoms with Crippen LogP contribution in [0.4, 0.5) is 0 Å². The molecule has 0 radical (unpaired) electrons. The first kappa shape index (κ1) is 8.65. The van der Waals surface area contributed by atoms with Crippen molar-refractivity contribution in [1.29, 1.82) is 0 Å². The minimum absolute atomic E-state index is 0.905. The first-order valence-corrected chi connectivity index (χ1v) is 4.01. The molecule has 0 aromatic heterocycles. The summed E-state index contributed by atoms with van der Waals surface area (Å²) in [5.74, 6) is 0. The first-order chi connectivity index (χ1) is 5.84. The lowest BCUT2D eigenvalue weighted by atomic mass is 10.2. The SMILES string of the molecule is C=CC/C=C\C1=C(C)NC=CN1. The molecule has 0 unspecified atom stereocenters. The maximum absolute atomic E-state index is 3.65. The summed E-state index contributed by atoms with van der Waals surface area (Å²) in [5, 5.41) is 6.26. The van der Waals surface area contributed by atoms with E-state index in [1.807, 2.05) is 31.5 Å². The lowest BCUT2D eigenvalue weighted by Gasteiger charge is -2.12. The van der Waals surface area contributed by atoms with E-state index in [9.17, 15) is 0 Å². The third-order valence-electron chi connectivity index (χ3n) is 1.61. The van der Waals surface area contributed by atoms with Crippen LogP contribution in [0.2, 0.25) is 0 Å². The monoisotopic (exact) mass is 162 g/mol. The van der Waals surface area contributed by atoms with E-state index >= 15 is 0 Å². The van der Waals surface area contributed by atoms with Crippen LogP contribution in [-0.2, 0) is 0 Å². The number of hydrogen-bond acceptors (Lipinski definition) is 2. The predicted octanol–water partition coefficient (Wildman–Crippen LogP) is 2.01. The number of nitrogens with one attached hydrogen (secondary N) is 2. The fourth-order valence-electron chi connectivity index (χ4n) is 0.939. The van der Waals surface area contributed by atoms with Gasteiger partial charge in [-0.25, -0.2) is 0 Å². The van der Waals surface area contributed by atoms with Gasteiger partial charge < -0.3 is 10.6 Å². The molecule has 1 rings (SSSR count). The quantitative estimate of drug-likeness (QED) is 0.620. The third-order valence-corrected chi connectivity index (χ3v) is 1.61. The van der Waals surface area contributed by atoms with Crippen molar-refractivity contribution in [1.82, 2.24) is 10.6 Å². The number of rotatable bonds is 3. The molecular formula is C10H14N2. The molecule has 0 aliphatic carbocycles. The van der Waals surface area contributed by atoms with Crippen molar-refractivity contribution in [2.45, 2.75) is 13.3 Å². The van der Waals surface area contributed by atoms with Crippen molar-refractivity contribution in [3.05, 3.63) is 48.6 Å². The second kappa shape index (κ2) is 4.44. The maximum Gasteiger partial charge on any atom is 0.0570 e. The van der Waals surface area contributed by atoms with Crippen LogP contribution in [-0.4, -0.2) is 0 Å². The molecule has 0 aromatic carbocycles. The van der Waals surface area contributed by atoms with Crippen molar-refractivity contribution in [3.8, 4) is 0 Å². The molecule has 64 valence electrons. The Bertz CT molecular complexity index is 247. The van der Waals surface area contributed by atoms with E-state index in [0.717, 1.165) is 17.8 Å². The Hall–Kier alpha value is -1.44. The fraction of sp³-hybridized carbons (Fsp3) is 0.200. The van der Waals surface area contributed by atoms with Crippen molar-refractivity contribution in [2.24, 2.45) is 0 Å². The van der Waals surface area contributed by atoms with Gasteiger partial charge in [0.2, 0.25) is 0 Å². The van der Waals surface area contributed by atoms with Gasteiger partial charge in [-0.2, -0.15) is 0 Å². The summed E-state index contributed by atoms with van der Waals surface area (Å²) in [6.45, 7) is 5.68. The Morgan fingerprint density at radius 2 is 2.17 bits per heavy atom. The lowest BCUT2D eigenvalue weighted by Crippen LogP contribution is -2.18. The van der Waals surface area contributed by atoms with E-state index in [-0.39, 0.29) is 0 Å². The highest BCUT2D eigenvalue weighted by Crippen LogP contribution is 2.03. The summed E-state index contributed by atoms with van der Waals surface area (Å²) in [6.07, 6.45) is 10.6. The molecule has 0 saturated carbocycles. The zero-order valence-electron chi connectivity index (χ0n) is 7.30. The van der Waals surface area contributed by atoms with Gasteiger partial charge in [-0.3, -0.25) is 0 Å². The summed E-state index contributed by atoms with van der Waals surface area (Å²) < 4.78 is 0. The molecule has 0 spiro atoms. The second-order valence-corrected chi connectivity index (χ2v) is 2.59. The molecule has 0 aromatic rings. The zero-order chi connectivity index (χ0) is 8.81. The van der Waals surface area contributed by atoms with Crippen molar-refractivity contribution in [3.63, 3.8) is 0 Å². The molecule has 1 aliphatic heterocycles. The highest BCUT2D eigenvalue weighted by molar-refractivity contribution is 5.27. The van der Waals surface area contributed by atoms with Crippen LogP contribution in [0, 0.1) is 0 Å². The van der Waals surface area contributed by atoms with Crippen LogP contribution in [0.3, 0.4) is 0 Å². The standard InChI is InChI=1S/C10H14N2/c1-3-4-5-6-10-9(2)11-7-8-12-10/h3,5-8,11-12H,1,4H2,2H3/b6-5-. The molecule has 2 nitrogen and oxygen atoms in total. The van der Waals surface area contributed by atoms with Gasteiger partial charge in [0.1, 0.15) is 0 Å². The van der Waals surface area contributed by atoms with Crippen molar-refractivity contribution >= 4 is 0 Å². The Morgan fingerprint density at radius 1 is 1.42 bits per heavy atom. The van der Waals surface area contributed by atoms with Crippen LogP contribution < -0.4 is 10.6 Å². The molecule has 0 fully saturated rings. The molecular weight excluding hydrogens is 148 g/mol. The predicted molar refractivity (Wildman–Crippen MR) is 52.1 cm³/mol. The van der Waals surface area contributed by atoms with Gasteiger partial charge in [0.25, 0.3) is 0 Å². The zero-order valence-corrected chi connectivity index (χ0v) is 7.30. The van der Waals surface area contributed by atoms with Gasteiger partial charge in [-0.15, -0.1) is 6.58 Å².